The number of anilines is 3. The van der Waals surface area contributed by atoms with Crippen molar-refractivity contribution in [3.63, 3.8) is 0 Å². The fourth-order valence-corrected chi connectivity index (χ4v) is 1.91. The van der Waals surface area contributed by atoms with Crippen molar-refractivity contribution in [2.45, 2.75) is 6.42 Å². The number of nitrogens with two attached hydrogens (primary N) is 1. The van der Waals surface area contributed by atoms with Crippen LogP contribution in [0.1, 0.15) is 11.5 Å². The summed E-state index contributed by atoms with van der Waals surface area (Å²) in [6.45, 7) is 0. The van der Waals surface area contributed by atoms with Gasteiger partial charge in [0.05, 0.1) is 6.42 Å². The van der Waals surface area contributed by atoms with E-state index < -0.39 is 11.6 Å². The number of rotatable bonds is 4. The number of para-hydroxylation sites is 1. The third-order valence-electron chi connectivity index (χ3n) is 3.00. The maximum absolute atomic E-state index is 13.5. The van der Waals surface area contributed by atoms with Crippen molar-refractivity contribution < 1.29 is 13.2 Å². The standard InChI is InChI=1S/C15H12F2N4O/c16-11-2-1-3-12(17)14(11)19-15-21-20-13(22-15)8-9-4-6-10(18)7-5-9/h1-7H,8,18H2,(H,19,21). The van der Waals surface area contributed by atoms with Crippen LogP contribution < -0.4 is 11.1 Å². The molecular formula is C15H12F2N4O. The molecule has 0 atom stereocenters. The van der Waals surface area contributed by atoms with Crippen molar-refractivity contribution in [1.29, 1.82) is 0 Å². The Bertz CT molecular complexity index is 766. The molecule has 112 valence electrons. The molecule has 3 rings (SSSR count). The van der Waals surface area contributed by atoms with Gasteiger partial charge in [0.1, 0.15) is 17.3 Å². The predicted molar refractivity (Wildman–Crippen MR) is 77.6 cm³/mol. The first-order chi connectivity index (χ1) is 10.6. The summed E-state index contributed by atoms with van der Waals surface area (Å²) in [4.78, 5) is 0. The molecule has 3 N–H and O–H groups in total. The van der Waals surface area contributed by atoms with Crippen molar-refractivity contribution in [1.82, 2.24) is 10.2 Å². The topological polar surface area (TPSA) is 77.0 Å². The molecule has 7 heteroatoms. The summed E-state index contributed by atoms with van der Waals surface area (Å²) >= 11 is 0. The minimum Gasteiger partial charge on any atom is -0.408 e. The normalized spacial score (nSPS) is 10.6. The summed E-state index contributed by atoms with van der Waals surface area (Å²) in [5.74, 6) is -1.15. The summed E-state index contributed by atoms with van der Waals surface area (Å²) in [7, 11) is 0. The molecule has 0 bridgehead atoms. The summed E-state index contributed by atoms with van der Waals surface area (Å²) < 4.78 is 32.4. The maximum Gasteiger partial charge on any atom is 0.320 e. The third-order valence-corrected chi connectivity index (χ3v) is 3.00. The van der Waals surface area contributed by atoms with Gasteiger partial charge in [-0.05, 0) is 29.8 Å². The number of hydrogen-bond acceptors (Lipinski definition) is 5. The molecule has 0 aliphatic rings. The lowest BCUT2D eigenvalue weighted by Crippen LogP contribution is -1.97. The maximum atomic E-state index is 13.5. The second kappa shape index (κ2) is 5.80. The van der Waals surface area contributed by atoms with E-state index >= 15 is 0 Å². The van der Waals surface area contributed by atoms with E-state index in [1.165, 1.54) is 6.07 Å². The fourth-order valence-electron chi connectivity index (χ4n) is 1.91. The average molecular weight is 302 g/mol. The van der Waals surface area contributed by atoms with Crippen molar-refractivity contribution in [2.24, 2.45) is 0 Å². The number of nitrogens with one attached hydrogen (secondary N) is 1. The molecule has 3 aromatic rings. The monoisotopic (exact) mass is 302 g/mol. The number of hydrogen-bond donors (Lipinski definition) is 2. The van der Waals surface area contributed by atoms with Crippen LogP contribution in [0.15, 0.2) is 46.9 Å². The molecule has 5 nitrogen and oxygen atoms in total. The Hall–Kier alpha value is -2.96. The van der Waals surface area contributed by atoms with E-state index in [1.54, 1.807) is 12.1 Å². The number of aromatic nitrogens is 2. The van der Waals surface area contributed by atoms with E-state index in [4.69, 9.17) is 10.2 Å². The highest BCUT2D eigenvalue weighted by Gasteiger charge is 2.13. The summed E-state index contributed by atoms with van der Waals surface area (Å²) in [6.07, 6.45) is 0.398. The largest absolute Gasteiger partial charge is 0.408 e. The Morgan fingerprint density at radius 3 is 2.36 bits per heavy atom. The van der Waals surface area contributed by atoms with Gasteiger partial charge >= 0.3 is 6.01 Å². The lowest BCUT2D eigenvalue weighted by atomic mass is 10.1. The Kier molecular flexibility index (Phi) is 3.69. The van der Waals surface area contributed by atoms with Gasteiger partial charge in [-0.2, -0.15) is 0 Å². The zero-order valence-corrected chi connectivity index (χ0v) is 11.4. The van der Waals surface area contributed by atoms with Crippen LogP contribution in [0.4, 0.5) is 26.2 Å². The smallest absolute Gasteiger partial charge is 0.320 e. The highest BCUT2D eigenvalue weighted by atomic mass is 19.1. The molecule has 0 saturated heterocycles. The third kappa shape index (κ3) is 3.03. The van der Waals surface area contributed by atoms with Gasteiger partial charge < -0.3 is 15.5 Å². The minimum absolute atomic E-state index is 0.0746. The first kappa shape index (κ1) is 14.0. The molecule has 0 saturated carbocycles. The van der Waals surface area contributed by atoms with Crippen molar-refractivity contribution in [3.05, 3.63) is 65.6 Å². The van der Waals surface area contributed by atoms with Gasteiger partial charge in [0.15, 0.2) is 0 Å². The first-order valence-electron chi connectivity index (χ1n) is 6.49. The zero-order valence-electron chi connectivity index (χ0n) is 11.4. The zero-order chi connectivity index (χ0) is 15.5. The van der Waals surface area contributed by atoms with Crippen LogP contribution in [0.2, 0.25) is 0 Å². The first-order valence-corrected chi connectivity index (χ1v) is 6.49. The molecule has 0 aliphatic carbocycles. The lowest BCUT2D eigenvalue weighted by molar-refractivity contribution is 0.517. The Balaban J connectivity index is 1.75. The van der Waals surface area contributed by atoms with Crippen molar-refractivity contribution in [2.75, 3.05) is 11.1 Å². The molecule has 0 amide bonds. The SMILES string of the molecule is Nc1ccc(Cc2nnc(Nc3c(F)cccc3F)o2)cc1. The number of benzene rings is 2. The average Bonchev–Trinajstić information content (AvgIpc) is 2.93. The molecule has 1 aromatic heterocycles. The van der Waals surface area contributed by atoms with E-state index in [0.717, 1.165) is 17.7 Å². The second-order valence-corrected chi connectivity index (χ2v) is 4.64. The van der Waals surface area contributed by atoms with Gasteiger partial charge in [0, 0.05) is 5.69 Å². The highest BCUT2D eigenvalue weighted by molar-refractivity contribution is 5.53. The minimum atomic E-state index is -0.738. The van der Waals surface area contributed by atoms with Gasteiger partial charge in [0.25, 0.3) is 0 Å². The van der Waals surface area contributed by atoms with Crippen LogP contribution >= 0.6 is 0 Å². The summed E-state index contributed by atoms with van der Waals surface area (Å²) in [5, 5.41) is 10.0. The molecule has 0 radical (unpaired) electrons. The van der Waals surface area contributed by atoms with Gasteiger partial charge in [-0.15, -0.1) is 5.10 Å². The van der Waals surface area contributed by atoms with Crippen LogP contribution in [0.25, 0.3) is 0 Å². The summed E-state index contributed by atoms with van der Waals surface area (Å²) in [5.41, 5.74) is 6.87. The fraction of sp³-hybridized carbons (Fsp3) is 0.0667. The van der Waals surface area contributed by atoms with Crippen LogP contribution in [-0.2, 0) is 6.42 Å². The van der Waals surface area contributed by atoms with E-state index in [0.29, 0.717) is 18.0 Å². The van der Waals surface area contributed by atoms with E-state index in [9.17, 15) is 8.78 Å². The molecule has 22 heavy (non-hydrogen) atoms. The number of nitrogen functional groups attached to an aromatic ring is 1. The van der Waals surface area contributed by atoms with Gasteiger partial charge in [0.2, 0.25) is 5.89 Å². The molecule has 1 heterocycles. The van der Waals surface area contributed by atoms with Crippen molar-refractivity contribution in [3.8, 4) is 0 Å². The quantitative estimate of drug-likeness (QED) is 0.723. The van der Waals surface area contributed by atoms with E-state index in [2.05, 4.69) is 15.5 Å². The van der Waals surface area contributed by atoms with Crippen LogP contribution in [0.5, 0.6) is 0 Å². The van der Waals surface area contributed by atoms with Crippen molar-refractivity contribution >= 4 is 17.4 Å². The molecule has 0 fully saturated rings. The molecule has 0 aliphatic heterocycles. The molecular weight excluding hydrogens is 290 g/mol. The Morgan fingerprint density at radius 2 is 1.68 bits per heavy atom. The molecule has 0 spiro atoms. The van der Waals surface area contributed by atoms with E-state index in [-0.39, 0.29) is 11.7 Å². The highest BCUT2D eigenvalue weighted by Crippen LogP contribution is 2.22. The lowest BCUT2D eigenvalue weighted by Gasteiger charge is -2.03. The number of halogens is 2. The van der Waals surface area contributed by atoms with Crippen LogP contribution in [0, 0.1) is 11.6 Å². The van der Waals surface area contributed by atoms with Crippen LogP contribution in [0.3, 0.4) is 0 Å². The van der Waals surface area contributed by atoms with Crippen LogP contribution in [-0.4, -0.2) is 10.2 Å². The summed E-state index contributed by atoms with van der Waals surface area (Å²) in [6, 6.07) is 10.7. The molecule has 2 aromatic carbocycles. The van der Waals surface area contributed by atoms with Gasteiger partial charge in [-0.1, -0.05) is 23.3 Å². The molecule has 0 unspecified atom stereocenters. The second-order valence-electron chi connectivity index (χ2n) is 4.64. The van der Waals surface area contributed by atoms with Gasteiger partial charge in [-0.25, -0.2) is 8.78 Å². The number of nitrogens with zero attached hydrogens (tertiary/aromatic N) is 2. The Morgan fingerprint density at radius 1 is 1.00 bits per heavy atom. The Labute approximate surface area is 124 Å². The van der Waals surface area contributed by atoms with E-state index in [1.807, 2.05) is 12.1 Å². The van der Waals surface area contributed by atoms with Gasteiger partial charge in [-0.3, -0.25) is 0 Å². The predicted octanol–water partition coefficient (Wildman–Crippen LogP) is 3.26.